The molecule has 0 aliphatic rings. The summed E-state index contributed by atoms with van der Waals surface area (Å²) in [6.45, 7) is 0. The average Bonchev–Trinajstić information content (AvgIpc) is 2.48. The van der Waals surface area contributed by atoms with Crippen LogP contribution in [0.3, 0.4) is 0 Å². The summed E-state index contributed by atoms with van der Waals surface area (Å²) in [5.74, 6) is -1.12. The Morgan fingerprint density at radius 1 is 1.00 bits per heavy atom. The molecule has 6 heteroatoms. The van der Waals surface area contributed by atoms with Crippen LogP contribution < -0.4 is 10.6 Å². The van der Waals surface area contributed by atoms with E-state index in [-0.39, 0.29) is 11.3 Å². The second kappa shape index (κ2) is 6.21. The van der Waals surface area contributed by atoms with Crippen molar-refractivity contribution in [2.24, 2.45) is 0 Å². The predicted octanol–water partition coefficient (Wildman–Crippen LogP) is 2.90. The Labute approximate surface area is 120 Å². The Morgan fingerprint density at radius 2 is 1.67 bits per heavy atom. The molecule has 0 aliphatic carbocycles. The molecule has 0 bridgehead atoms. The summed E-state index contributed by atoms with van der Waals surface area (Å²) in [6.07, 6.45) is 0. The van der Waals surface area contributed by atoms with Gasteiger partial charge < -0.3 is 15.7 Å². The van der Waals surface area contributed by atoms with Crippen molar-refractivity contribution in [3.8, 4) is 6.07 Å². The Balaban J connectivity index is 2.08. The maximum Gasteiger partial charge on any atom is 0.337 e. The van der Waals surface area contributed by atoms with Gasteiger partial charge in [-0.2, -0.15) is 5.26 Å². The highest BCUT2D eigenvalue weighted by Crippen LogP contribution is 2.16. The van der Waals surface area contributed by atoms with E-state index in [0.29, 0.717) is 11.3 Å². The molecule has 2 aromatic carbocycles. The number of para-hydroxylation sites is 1. The van der Waals surface area contributed by atoms with Crippen LogP contribution in [0, 0.1) is 11.3 Å². The van der Waals surface area contributed by atoms with E-state index in [2.05, 4.69) is 10.6 Å². The van der Waals surface area contributed by atoms with Gasteiger partial charge in [-0.05, 0) is 36.4 Å². The van der Waals surface area contributed by atoms with E-state index in [1.807, 2.05) is 6.07 Å². The minimum Gasteiger partial charge on any atom is -0.478 e. The van der Waals surface area contributed by atoms with Gasteiger partial charge in [-0.15, -0.1) is 0 Å². The molecule has 0 saturated carbocycles. The van der Waals surface area contributed by atoms with Crippen molar-refractivity contribution in [3.63, 3.8) is 0 Å². The van der Waals surface area contributed by atoms with Crippen molar-refractivity contribution >= 4 is 23.4 Å². The summed E-state index contributed by atoms with van der Waals surface area (Å²) in [5, 5.41) is 22.7. The van der Waals surface area contributed by atoms with Crippen LogP contribution in [0.4, 0.5) is 16.2 Å². The van der Waals surface area contributed by atoms with Gasteiger partial charge in [-0.1, -0.05) is 12.1 Å². The van der Waals surface area contributed by atoms with Gasteiger partial charge in [0.25, 0.3) is 0 Å². The minimum atomic E-state index is -1.12. The number of hydrogen-bond acceptors (Lipinski definition) is 3. The van der Waals surface area contributed by atoms with E-state index in [1.165, 1.54) is 12.1 Å². The maximum atomic E-state index is 11.8. The van der Waals surface area contributed by atoms with E-state index in [9.17, 15) is 9.59 Å². The van der Waals surface area contributed by atoms with Crippen LogP contribution in [0.25, 0.3) is 0 Å². The zero-order valence-corrected chi connectivity index (χ0v) is 10.8. The molecule has 0 radical (unpaired) electrons. The number of hydrogen-bond donors (Lipinski definition) is 3. The number of rotatable bonds is 3. The summed E-state index contributed by atoms with van der Waals surface area (Å²) in [7, 11) is 0. The Bertz CT molecular complexity index is 718. The van der Waals surface area contributed by atoms with Crippen molar-refractivity contribution in [3.05, 3.63) is 59.7 Å². The summed E-state index contributed by atoms with van der Waals surface area (Å²) in [5.41, 5.74) is 1.19. The van der Waals surface area contributed by atoms with Crippen LogP contribution in [0.15, 0.2) is 48.5 Å². The molecular weight excluding hydrogens is 270 g/mol. The third kappa shape index (κ3) is 3.58. The van der Waals surface area contributed by atoms with Gasteiger partial charge >= 0.3 is 12.0 Å². The predicted molar refractivity (Wildman–Crippen MR) is 77.2 cm³/mol. The van der Waals surface area contributed by atoms with Gasteiger partial charge in [-0.3, -0.25) is 0 Å². The van der Waals surface area contributed by atoms with E-state index in [0.717, 1.165) is 0 Å². The first-order valence-corrected chi connectivity index (χ1v) is 6.00. The van der Waals surface area contributed by atoms with Gasteiger partial charge in [0.05, 0.1) is 22.9 Å². The Morgan fingerprint density at radius 3 is 2.29 bits per heavy atom. The number of carboxylic acid groups (broad SMARTS) is 1. The number of anilines is 2. The average molecular weight is 281 g/mol. The number of nitrogens with one attached hydrogen (secondary N) is 2. The van der Waals surface area contributed by atoms with Crippen molar-refractivity contribution < 1.29 is 14.7 Å². The third-order valence-corrected chi connectivity index (χ3v) is 2.68. The van der Waals surface area contributed by atoms with Crippen molar-refractivity contribution in [1.82, 2.24) is 0 Å². The van der Waals surface area contributed by atoms with Crippen LogP contribution in [0.1, 0.15) is 15.9 Å². The Kier molecular flexibility index (Phi) is 4.17. The molecule has 104 valence electrons. The highest BCUT2D eigenvalue weighted by molar-refractivity contribution is 6.04. The molecule has 2 aromatic rings. The number of carbonyl (C=O) groups excluding carboxylic acids is 1. The fourth-order valence-electron chi connectivity index (χ4n) is 1.69. The summed E-state index contributed by atoms with van der Waals surface area (Å²) in [4.78, 5) is 22.9. The van der Waals surface area contributed by atoms with E-state index < -0.39 is 12.0 Å². The number of aromatic carboxylic acids is 1. The van der Waals surface area contributed by atoms with Gasteiger partial charge in [-0.25, -0.2) is 9.59 Å². The fraction of sp³-hybridized carbons (Fsp3) is 0. The first kappa shape index (κ1) is 14.1. The van der Waals surface area contributed by atoms with E-state index in [1.54, 1.807) is 36.4 Å². The lowest BCUT2D eigenvalue weighted by Gasteiger charge is -2.09. The third-order valence-electron chi connectivity index (χ3n) is 2.68. The standard InChI is InChI=1S/C15H11N3O3/c16-9-10-5-7-11(8-6-10)17-15(21)18-13-4-2-1-3-12(13)14(19)20/h1-8H,(H,19,20)(H2,17,18,21). The maximum absolute atomic E-state index is 11.8. The van der Waals surface area contributed by atoms with Crippen molar-refractivity contribution in [2.75, 3.05) is 10.6 Å². The smallest absolute Gasteiger partial charge is 0.337 e. The second-order valence-electron chi connectivity index (χ2n) is 4.12. The molecule has 0 unspecified atom stereocenters. The van der Waals surface area contributed by atoms with Crippen LogP contribution in [0.5, 0.6) is 0 Å². The molecule has 21 heavy (non-hydrogen) atoms. The molecule has 3 N–H and O–H groups in total. The second-order valence-corrected chi connectivity index (χ2v) is 4.12. The molecule has 2 amide bonds. The number of carbonyl (C=O) groups is 2. The lowest BCUT2D eigenvalue weighted by Crippen LogP contribution is -2.20. The molecule has 0 spiro atoms. The molecular formula is C15H11N3O3. The van der Waals surface area contributed by atoms with Gasteiger partial charge in [0.1, 0.15) is 0 Å². The quantitative estimate of drug-likeness (QED) is 0.804. The monoisotopic (exact) mass is 281 g/mol. The molecule has 2 rings (SSSR count). The van der Waals surface area contributed by atoms with Crippen molar-refractivity contribution in [1.29, 1.82) is 5.26 Å². The summed E-state index contributed by atoms with van der Waals surface area (Å²) in [6, 6.07) is 13.8. The molecule has 0 fully saturated rings. The normalized spacial score (nSPS) is 9.48. The number of urea groups is 1. The van der Waals surface area contributed by atoms with E-state index in [4.69, 9.17) is 10.4 Å². The van der Waals surface area contributed by atoms with Crippen LogP contribution in [0.2, 0.25) is 0 Å². The van der Waals surface area contributed by atoms with Crippen molar-refractivity contribution in [2.45, 2.75) is 0 Å². The zero-order valence-electron chi connectivity index (χ0n) is 10.8. The van der Waals surface area contributed by atoms with Gasteiger partial charge in [0.2, 0.25) is 0 Å². The van der Waals surface area contributed by atoms with E-state index >= 15 is 0 Å². The number of benzene rings is 2. The molecule has 0 aromatic heterocycles. The first-order valence-electron chi connectivity index (χ1n) is 6.00. The molecule has 0 saturated heterocycles. The van der Waals surface area contributed by atoms with Gasteiger partial charge in [0.15, 0.2) is 0 Å². The lowest BCUT2D eigenvalue weighted by atomic mass is 10.2. The molecule has 0 aliphatic heterocycles. The summed E-state index contributed by atoms with van der Waals surface area (Å²) < 4.78 is 0. The summed E-state index contributed by atoms with van der Waals surface area (Å²) >= 11 is 0. The number of amides is 2. The number of carboxylic acids is 1. The molecule has 0 atom stereocenters. The topological polar surface area (TPSA) is 102 Å². The number of nitrogens with zero attached hydrogens (tertiary/aromatic N) is 1. The SMILES string of the molecule is N#Cc1ccc(NC(=O)Nc2ccccc2C(=O)O)cc1. The molecule has 0 heterocycles. The van der Waals surface area contributed by atoms with Crippen LogP contribution in [-0.2, 0) is 0 Å². The van der Waals surface area contributed by atoms with Gasteiger partial charge in [0, 0.05) is 5.69 Å². The fourth-order valence-corrected chi connectivity index (χ4v) is 1.69. The van der Waals surface area contributed by atoms with Crippen LogP contribution in [-0.4, -0.2) is 17.1 Å². The van der Waals surface area contributed by atoms with Crippen LogP contribution >= 0.6 is 0 Å². The highest BCUT2D eigenvalue weighted by atomic mass is 16.4. The molecule has 6 nitrogen and oxygen atoms in total. The largest absolute Gasteiger partial charge is 0.478 e. The first-order chi connectivity index (χ1) is 10.1. The highest BCUT2D eigenvalue weighted by Gasteiger charge is 2.11. The zero-order chi connectivity index (χ0) is 15.2. The Hall–Kier alpha value is -3.33. The lowest BCUT2D eigenvalue weighted by molar-refractivity contribution is 0.0698. The number of nitriles is 1. The minimum absolute atomic E-state index is 0.00692.